The smallest absolute Gasteiger partial charge is 0.268 e. The maximum absolute atomic E-state index is 13.4. The van der Waals surface area contributed by atoms with Gasteiger partial charge in [-0.1, -0.05) is 45.0 Å². The van der Waals surface area contributed by atoms with Gasteiger partial charge in [-0.15, -0.1) is 0 Å². The number of hydrogen-bond donors (Lipinski definition) is 4. The summed E-state index contributed by atoms with van der Waals surface area (Å²) in [7, 11) is -3.85. The number of ether oxygens (including phenoxy) is 1. The second-order valence-electron chi connectivity index (χ2n) is 11.3. The fraction of sp³-hybridized carbons (Fsp3) is 0.323. The Morgan fingerprint density at radius 2 is 1.68 bits per heavy atom. The van der Waals surface area contributed by atoms with Gasteiger partial charge in [0.25, 0.3) is 15.9 Å². The number of phenolic OH excluding ortho intramolecular Hbond substituents is 1. The number of aromatic hydroxyl groups is 1. The van der Waals surface area contributed by atoms with Crippen LogP contribution in [0, 0.1) is 0 Å². The summed E-state index contributed by atoms with van der Waals surface area (Å²) in [6.45, 7) is 10.5. The predicted molar refractivity (Wildman–Crippen MR) is 161 cm³/mol. The summed E-state index contributed by atoms with van der Waals surface area (Å²) in [5.41, 5.74) is 3.71. The van der Waals surface area contributed by atoms with E-state index in [1.807, 2.05) is 12.1 Å². The fourth-order valence-electron chi connectivity index (χ4n) is 4.94. The number of phenols is 1. The monoisotopic (exact) mass is 576 g/mol. The first-order valence-corrected chi connectivity index (χ1v) is 15.2. The average molecular weight is 577 g/mol. The van der Waals surface area contributed by atoms with E-state index in [4.69, 9.17) is 4.74 Å². The highest BCUT2D eigenvalue weighted by molar-refractivity contribution is 7.92. The zero-order valence-electron chi connectivity index (χ0n) is 23.5. The quantitative estimate of drug-likeness (QED) is 0.241. The molecule has 1 saturated heterocycles. The molecule has 216 valence electrons. The third-order valence-electron chi connectivity index (χ3n) is 7.28. The lowest BCUT2D eigenvalue weighted by atomic mass is 9.87. The molecule has 3 aromatic carbocycles. The lowest BCUT2D eigenvalue weighted by Gasteiger charge is -2.26. The first-order valence-electron chi connectivity index (χ1n) is 13.7. The van der Waals surface area contributed by atoms with Gasteiger partial charge in [0, 0.05) is 48.3 Å². The molecule has 1 aliphatic rings. The van der Waals surface area contributed by atoms with Crippen LogP contribution in [0.3, 0.4) is 0 Å². The first kappa shape index (κ1) is 28.7. The number of sulfonamides is 1. The summed E-state index contributed by atoms with van der Waals surface area (Å²) >= 11 is 0. The van der Waals surface area contributed by atoms with E-state index in [-0.39, 0.29) is 22.0 Å². The average Bonchev–Trinajstić information content (AvgIpc) is 3.32. The van der Waals surface area contributed by atoms with Gasteiger partial charge < -0.3 is 20.1 Å². The first-order chi connectivity index (χ1) is 19.5. The van der Waals surface area contributed by atoms with Gasteiger partial charge in [-0.05, 0) is 59.0 Å². The number of aromatic nitrogens is 1. The van der Waals surface area contributed by atoms with Crippen LogP contribution in [0.15, 0.2) is 71.6 Å². The zero-order chi connectivity index (χ0) is 29.2. The van der Waals surface area contributed by atoms with Crippen molar-refractivity contribution in [2.24, 2.45) is 0 Å². The topological polar surface area (TPSA) is 124 Å². The van der Waals surface area contributed by atoms with Gasteiger partial charge in [0.2, 0.25) is 0 Å². The van der Waals surface area contributed by atoms with Crippen molar-refractivity contribution in [3.8, 4) is 16.9 Å². The molecule has 1 amide bonds. The van der Waals surface area contributed by atoms with E-state index in [1.54, 1.807) is 54.6 Å². The lowest BCUT2D eigenvalue weighted by Crippen LogP contribution is -2.41. The minimum absolute atomic E-state index is 0.0911. The van der Waals surface area contributed by atoms with Crippen LogP contribution < -0.4 is 10.0 Å². The third kappa shape index (κ3) is 6.56. The molecule has 5 rings (SSSR count). The number of rotatable bonds is 8. The van der Waals surface area contributed by atoms with Crippen LogP contribution in [0.5, 0.6) is 5.75 Å². The van der Waals surface area contributed by atoms with Gasteiger partial charge in [0.05, 0.1) is 18.1 Å². The summed E-state index contributed by atoms with van der Waals surface area (Å²) in [5.74, 6) is -0.158. The highest BCUT2D eigenvalue weighted by Crippen LogP contribution is 2.35. The van der Waals surface area contributed by atoms with Crippen molar-refractivity contribution in [2.75, 3.05) is 44.1 Å². The molecule has 1 fully saturated rings. The van der Waals surface area contributed by atoms with Gasteiger partial charge in [-0.25, -0.2) is 8.42 Å². The van der Waals surface area contributed by atoms with Crippen LogP contribution in [0.25, 0.3) is 22.0 Å². The molecule has 1 aromatic heterocycles. The number of carbonyl (C=O) groups excluding carboxylic acids is 1. The number of nitrogens with zero attached hydrogens (tertiary/aromatic N) is 1. The van der Waals surface area contributed by atoms with Gasteiger partial charge in [-0.2, -0.15) is 0 Å². The number of benzene rings is 3. The van der Waals surface area contributed by atoms with Crippen molar-refractivity contribution in [1.82, 2.24) is 15.2 Å². The standard InChI is InChI=1S/C31H36N4O5S/c1-31(2,3)22-6-11-25(12-7-22)41(38,39)34-23-8-13-27-26(20-23)28(21-4-9-24(36)10-5-21)29(33-27)30(37)32-14-15-35-16-18-40-19-17-35/h4-13,20,33-34,36H,14-19H2,1-3H3,(H,32,37). The summed E-state index contributed by atoms with van der Waals surface area (Å²) < 4.78 is 34.5. The molecular weight excluding hydrogens is 540 g/mol. The van der Waals surface area contributed by atoms with Gasteiger partial charge in [0.15, 0.2) is 0 Å². The van der Waals surface area contributed by atoms with E-state index in [1.165, 1.54) is 0 Å². The van der Waals surface area contributed by atoms with E-state index in [2.05, 4.69) is 40.7 Å². The maximum Gasteiger partial charge on any atom is 0.268 e. The molecule has 4 N–H and O–H groups in total. The SMILES string of the molecule is CC(C)(C)c1ccc(S(=O)(=O)Nc2ccc3[nH]c(C(=O)NCCN4CCOCC4)c(-c4ccc(O)cc4)c3c2)cc1. The van der Waals surface area contributed by atoms with Crippen molar-refractivity contribution in [3.05, 3.63) is 78.0 Å². The second kappa shape index (κ2) is 11.6. The van der Waals surface area contributed by atoms with Crippen molar-refractivity contribution >= 4 is 32.5 Å². The van der Waals surface area contributed by atoms with Gasteiger partial charge >= 0.3 is 0 Å². The van der Waals surface area contributed by atoms with Crippen molar-refractivity contribution < 1.29 is 23.1 Å². The number of amides is 1. The Morgan fingerprint density at radius 1 is 1.00 bits per heavy atom. The largest absolute Gasteiger partial charge is 0.508 e. The molecule has 0 atom stereocenters. The number of nitrogens with one attached hydrogen (secondary N) is 3. The molecule has 0 spiro atoms. The number of fused-ring (bicyclic) bond motifs is 1. The van der Waals surface area contributed by atoms with E-state index < -0.39 is 10.0 Å². The number of anilines is 1. The van der Waals surface area contributed by atoms with Gasteiger partial charge in [0.1, 0.15) is 11.4 Å². The molecule has 41 heavy (non-hydrogen) atoms. The van der Waals surface area contributed by atoms with Crippen LogP contribution in [0.1, 0.15) is 36.8 Å². The fourth-order valence-corrected chi connectivity index (χ4v) is 5.99. The summed E-state index contributed by atoms with van der Waals surface area (Å²) in [4.78, 5) is 19.0. The summed E-state index contributed by atoms with van der Waals surface area (Å²) in [6, 6.07) is 18.6. The number of aromatic amines is 1. The zero-order valence-corrected chi connectivity index (χ0v) is 24.3. The minimum Gasteiger partial charge on any atom is -0.508 e. The molecule has 1 aliphatic heterocycles. The molecule has 0 aliphatic carbocycles. The van der Waals surface area contributed by atoms with Crippen molar-refractivity contribution in [3.63, 3.8) is 0 Å². The highest BCUT2D eigenvalue weighted by atomic mass is 32.2. The number of H-pyrrole nitrogens is 1. The molecule has 0 unspecified atom stereocenters. The Bertz CT molecular complexity index is 1630. The molecular formula is C31H36N4O5S. The van der Waals surface area contributed by atoms with Crippen LogP contribution in [-0.2, 0) is 20.2 Å². The number of carbonyl (C=O) groups is 1. The van der Waals surface area contributed by atoms with E-state index >= 15 is 0 Å². The number of morpholine rings is 1. The minimum atomic E-state index is -3.85. The summed E-state index contributed by atoms with van der Waals surface area (Å²) in [6.07, 6.45) is 0. The number of hydrogen-bond acceptors (Lipinski definition) is 6. The molecule has 4 aromatic rings. The van der Waals surface area contributed by atoms with Gasteiger partial charge in [-0.3, -0.25) is 14.4 Å². The summed E-state index contributed by atoms with van der Waals surface area (Å²) in [5, 5.41) is 13.5. The van der Waals surface area contributed by atoms with E-state index in [0.717, 1.165) is 18.7 Å². The maximum atomic E-state index is 13.4. The lowest BCUT2D eigenvalue weighted by molar-refractivity contribution is 0.0383. The normalized spacial score (nSPS) is 14.7. The Labute approximate surface area is 240 Å². The Kier molecular flexibility index (Phi) is 8.08. The molecule has 0 bridgehead atoms. The molecule has 10 heteroatoms. The van der Waals surface area contributed by atoms with Crippen LogP contribution >= 0.6 is 0 Å². The molecule has 0 radical (unpaired) electrons. The second-order valence-corrected chi connectivity index (χ2v) is 13.0. The predicted octanol–water partition coefficient (Wildman–Crippen LogP) is 4.70. The Balaban J connectivity index is 1.44. The molecule has 0 saturated carbocycles. The Morgan fingerprint density at radius 3 is 2.34 bits per heavy atom. The van der Waals surface area contributed by atoms with Crippen LogP contribution in [0.2, 0.25) is 0 Å². The van der Waals surface area contributed by atoms with Crippen molar-refractivity contribution in [1.29, 1.82) is 0 Å². The molecule has 9 nitrogen and oxygen atoms in total. The third-order valence-corrected chi connectivity index (χ3v) is 8.68. The van der Waals surface area contributed by atoms with Crippen LogP contribution in [-0.4, -0.2) is 68.7 Å². The highest BCUT2D eigenvalue weighted by Gasteiger charge is 2.22. The Hall–Kier alpha value is -3.86. The molecule has 2 heterocycles. The van der Waals surface area contributed by atoms with E-state index in [0.29, 0.717) is 59.7 Å². The van der Waals surface area contributed by atoms with Crippen molar-refractivity contribution in [2.45, 2.75) is 31.1 Å². The van der Waals surface area contributed by atoms with E-state index in [9.17, 15) is 18.3 Å². The van der Waals surface area contributed by atoms with Crippen LogP contribution in [0.4, 0.5) is 5.69 Å².